The lowest BCUT2D eigenvalue weighted by Gasteiger charge is -2.16. The monoisotopic (exact) mass is 485 g/mol. The van der Waals surface area contributed by atoms with E-state index in [9.17, 15) is 0 Å². The number of nitrogens with one attached hydrogen (secondary N) is 2. The summed E-state index contributed by atoms with van der Waals surface area (Å²) in [6.45, 7) is 1.43. The first-order valence-electron chi connectivity index (χ1n) is 8.49. The van der Waals surface area contributed by atoms with Gasteiger partial charge in [-0.2, -0.15) is 0 Å². The van der Waals surface area contributed by atoms with Crippen LogP contribution in [0.1, 0.15) is 11.1 Å². The van der Waals surface area contributed by atoms with Crippen LogP contribution in [0.2, 0.25) is 0 Å². The molecule has 0 saturated heterocycles. The average Bonchev–Trinajstić information content (AvgIpc) is 2.70. The van der Waals surface area contributed by atoms with Gasteiger partial charge in [-0.3, -0.25) is 4.99 Å². The predicted octanol–water partition coefficient (Wildman–Crippen LogP) is 3.24. The van der Waals surface area contributed by atoms with E-state index in [1.807, 2.05) is 30.3 Å². The Balaban J connectivity index is 0.00000364. The largest absolute Gasteiger partial charge is 0.493 e. The lowest BCUT2D eigenvalue weighted by Crippen LogP contribution is -2.37. The van der Waals surface area contributed by atoms with Crippen LogP contribution in [0.5, 0.6) is 17.2 Å². The van der Waals surface area contributed by atoms with Gasteiger partial charge in [0.15, 0.2) is 17.5 Å². The Kier molecular flexibility index (Phi) is 10.4. The first kappa shape index (κ1) is 22.9. The summed E-state index contributed by atoms with van der Waals surface area (Å²) >= 11 is 0. The van der Waals surface area contributed by atoms with Gasteiger partial charge in [0.1, 0.15) is 0 Å². The lowest BCUT2D eigenvalue weighted by atomic mass is 10.1. The SMILES string of the molecule is CN=C(NCCc1ccc(OC)c(OC)c1OC)NCc1ccccc1.I. The van der Waals surface area contributed by atoms with E-state index in [1.165, 1.54) is 5.56 Å². The molecule has 27 heavy (non-hydrogen) atoms. The molecule has 0 fully saturated rings. The van der Waals surface area contributed by atoms with Crippen LogP contribution in [0.15, 0.2) is 47.5 Å². The Morgan fingerprint density at radius 2 is 1.59 bits per heavy atom. The zero-order chi connectivity index (χ0) is 18.8. The number of benzene rings is 2. The number of hydrogen-bond donors (Lipinski definition) is 2. The maximum atomic E-state index is 5.52. The summed E-state index contributed by atoms with van der Waals surface area (Å²) in [6, 6.07) is 14.1. The van der Waals surface area contributed by atoms with Gasteiger partial charge in [-0.05, 0) is 18.1 Å². The molecule has 7 heteroatoms. The number of methoxy groups -OCH3 is 3. The minimum absolute atomic E-state index is 0. The second-order valence-corrected chi connectivity index (χ2v) is 5.58. The smallest absolute Gasteiger partial charge is 0.203 e. The second kappa shape index (κ2) is 12.3. The predicted molar refractivity (Wildman–Crippen MR) is 120 cm³/mol. The summed E-state index contributed by atoms with van der Waals surface area (Å²) in [4.78, 5) is 4.26. The van der Waals surface area contributed by atoms with E-state index in [4.69, 9.17) is 14.2 Å². The second-order valence-electron chi connectivity index (χ2n) is 5.58. The molecule has 0 unspecified atom stereocenters. The fourth-order valence-electron chi connectivity index (χ4n) is 2.68. The molecule has 2 aromatic rings. The third-order valence-corrected chi connectivity index (χ3v) is 4.00. The van der Waals surface area contributed by atoms with Crippen LogP contribution in [0, 0.1) is 0 Å². The highest BCUT2D eigenvalue weighted by molar-refractivity contribution is 14.0. The first-order valence-corrected chi connectivity index (χ1v) is 8.49. The summed E-state index contributed by atoms with van der Waals surface area (Å²) in [6.07, 6.45) is 0.759. The van der Waals surface area contributed by atoms with Crippen molar-refractivity contribution in [2.75, 3.05) is 34.9 Å². The van der Waals surface area contributed by atoms with E-state index in [0.717, 1.165) is 24.5 Å². The summed E-state index contributed by atoms with van der Waals surface area (Å²) in [5.74, 6) is 2.72. The van der Waals surface area contributed by atoms with Crippen molar-refractivity contribution in [3.05, 3.63) is 53.6 Å². The standard InChI is InChI=1S/C20H27N3O3.HI/c1-21-20(23-14-15-8-6-5-7-9-15)22-13-12-16-10-11-17(24-2)19(26-4)18(16)25-3;/h5-11H,12-14H2,1-4H3,(H2,21,22,23);1H. The van der Waals surface area contributed by atoms with E-state index in [1.54, 1.807) is 28.4 Å². The highest BCUT2D eigenvalue weighted by Gasteiger charge is 2.15. The van der Waals surface area contributed by atoms with Crippen molar-refractivity contribution in [2.24, 2.45) is 4.99 Å². The summed E-state index contributed by atoms with van der Waals surface area (Å²) in [7, 11) is 6.62. The van der Waals surface area contributed by atoms with Crippen molar-refractivity contribution in [3.63, 3.8) is 0 Å². The van der Waals surface area contributed by atoms with Crippen LogP contribution in [0.25, 0.3) is 0 Å². The summed E-state index contributed by atoms with van der Waals surface area (Å²) in [5.41, 5.74) is 2.24. The number of ether oxygens (including phenoxy) is 3. The lowest BCUT2D eigenvalue weighted by molar-refractivity contribution is 0.322. The van der Waals surface area contributed by atoms with Crippen LogP contribution in [0.4, 0.5) is 0 Å². The zero-order valence-corrected chi connectivity index (χ0v) is 18.6. The molecule has 2 aromatic carbocycles. The fraction of sp³-hybridized carbons (Fsp3) is 0.350. The van der Waals surface area contributed by atoms with E-state index in [-0.39, 0.29) is 24.0 Å². The van der Waals surface area contributed by atoms with Gasteiger partial charge in [-0.25, -0.2) is 0 Å². The molecule has 0 aliphatic carbocycles. The van der Waals surface area contributed by atoms with Gasteiger partial charge in [0.05, 0.1) is 21.3 Å². The zero-order valence-electron chi connectivity index (χ0n) is 16.2. The molecule has 0 atom stereocenters. The molecule has 2 N–H and O–H groups in total. The Hall–Kier alpha value is -2.16. The van der Waals surface area contributed by atoms with Gasteiger partial charge in [-0.1, -0.05) is 36.4 Å². The topological polar surface area (TPSA) is 64.1 Å². The molecule has 0 amide bonds. The summed E-state index contributed by atoms with van der Waals surface area (Å²) < 4.78 is 16.3. The van der Waals surface area contributed by atoms with Crippen LogP contribution >= 0.6 is 24.0 Å². The molecule has 0 aliphatic heterocycles. The van der Waals surface area contributed by atoms with Gasteiger partial charge in [0, 0.05) is 25.7 Å². The van der Waals surface area contributed by atoms with Gasteiger partial charge >= 0.3 is 0 Å². The summed E-state index contributed by atoms with van der Waals surface area (Å²) in [5, 5.41) is 6.62. The van der Waals surface area contributed by atoms with E-state index in [2.05, 4.69) is 27.8 Å². The normalized spacial score (nSPS) is 10.6. The molecular formula is C20H28IN3O3. The fourth-order valence-corrected chi connectivity index (χ4v) is 2.68. The van der Waals surface area contributed by atoms with Crippen LogP contribution in [-0.4, -0.2) is 40.9 Å². The molecule has 0 spiro atoms. The molecule has 148 valence electrons. The van der Waals surface area contributed by atoms with Crippen molar-refractivity contribution in [3.8, 4) is 17.2 Å². The van der Waals surface area contributed by atoms with Gasteiger partial charge in [0.2, 0.25) is 5.75 Å². The van der Waals surface area contributed by atoms with Gasteiger partial charge < -0.3 is 24.8 Å². The van der Waals surface area contributed by atoms with Crippen molar-refractivity contribution >= 4 is 29.9 Å². The molecule has 0 saturated carbocycles. The molecule has 0 aromatic heterocycles. The van der Waals surface area contributed by atoms with Crippen molar-refractivity contribution in [1.29, 1.82) is 0 Å². The van der Waals surface area contributed by atoms with Crippen LogP contribution in [0.3, 0.4) is 0 Å². The van der Waals surface area contributed by atoms with Crippen molar-refractivity contribution in [2.45, 2.75) is 13.0 Å². The Labute approximate surface area is 178 Å². The van der Waals surface area contributed by atoms with Gasteiger partial charge in [-0.15, -0.1) is 24.0 Å². The number of hydrogen-bond acceptors (Lipinski definition) is 4. The molecule has 6 nitrogen and oxygen atoms in total. The molecule has 0 aliphatic rings. The van der Waals surface area contributed by atoms with Crippen LogP contribution < -0.4 is 24.8 Å². The molecule has 0 heterocycles. The quantitative estimate of drug-likeness (QED) is 0.342. The number of guanidine groups is 1. The number of rotatable bonds is 8. The number of halogens is 1. The van der Waals surface area contributed by atoms with E-state index >= 15 is 0 Å². The molecule has 0 bridgehead atoms. The average molecular weight is 485 g/mol. The first-order chi connectivity index (χ1) is 12.7. The highest BCUT2D eigenvalue weighted by atomic mass is 127. The van der Waals surface area contributed by atoms with Gasteiger partial charge in [0.25, 0.3) is 0 Å². The van der Waals surface area contributed by atoms with E-state index < -0.39 is 0 Å². The Morgan fingerprint density at radius 3 is 2.19 bits per heavy atom. The Morgan fingerprint density at radius 1 is 0.889 bits per heavy atom. The van der Waals surface area contributed by atoms with Crippen molar-refractivity contribution in [1.82, 2.24) is 10.6 Å². The molecule has 0 radical (unpaired) electrons. The highest BCUT2D eigenvalue weighted by Crippen LogP contribution is 2.39. The minimum atomic E-state index is 0. The number of aliphatic imine (C=N–C) groups is 1. The molecule has 2 rings (SSSR count). The molecular weight excluding hydrogens is 457 g/mol. The maximum Gasteiger partial charge on any atom is 0.203 e. The maximum absolute atomic E-state index is 5.52. The van der Waals surface area contributed by atoms with E-state index in [0.29, 0.717) is 23.8 Å². The third-order valence-electron chi connectivity index (χ3n) is 4.00. The minimum Gasteiger partial charge on any atom is -0.493 e. The number of nitrogens with zero attached hydrogens (tertiary/aromatic N) is 1. The van der Waals surface area contributed by atoms with Crippen LogP contribution in [-0.2, 0) is 13.0 Å². The third kappa shape index (κ3) is 6.50. The van der Waals surface area contributed by atoms with Crippen molar-refractivity contribution < 1.29 is 14.2 Å². The Bertz CT molecular complexity index is 724.